The van der Waals surface area contributed by atoms with Crippen LogP contribution in [0.25, 0.3) is 0 Å². The van der Waals surface area contributed by atoms with E-state index in [0.29, 0.717) is 36.6 Å². The van der Waals surface area contributed by atoms with E-state index in [2.05, 4.69) is 17.0 Å². The fourth-order valence-electron chi connectivity index (χ4n) is 6.28. The summed E-state index contributed by atoms with van der Waals surface area (Å²) >= 11 is 0. The van der Waals surface area contributed by atoms with Crippen LogP contribution >= 0.6 is 0 Å². The highest BCUT2D eigenvalue weighted by atomic mass is 16.5. The Morgan fingerprint density at radius 2 is 1.57 bits per heavy atom. The van der Waals surface area contributed by atoms with Crippen molar-refractivity contribution in [3.63, 3.8) is 0 Å². The number of fused-ring (bicyclic) bond motifs is 3. The van der Waals surface area contributed by atoms with Crippen LogP contribution in [0.1, 0.15) is 35.6 Å². The monoisotopic (exact) mass is 497 g/mol. The molecule has 7 nitrogen and oxygen atoms in total. The van der Waals surface area contributed by atoms with E-state index in [0.717, 1.165) is 30.6 Å². The lowest BCUT2D eigenvalue weighted by Gasteiger charge is -2.49. The molecule has 3 aromatic rings. The largest absolute Gasteiger partial charge is 0.493 e. The van der Waals surface area contributed by atoms with Crippen molar-refractivity contribution < 1.29 is 19.1 Å². The molecule has 3 aromatic carbocycles. The summed E-state index contributed by atoms with van der Waals surface area (Å²) in [5.74, 6) is 1.27. The Labute approximate surface area is 217 Å². The van der Waals surface area contributed by atoms with Crippen molar-refractivity contribution in [2.75, 3.05) is 32.2 Å². The normalized spacial score (nSPS) is 23.2. The Kier molecular flexibility index (Phi) is 5.88. The molecule has 0 saturated carbocycles. The van der Waals surface area contributed by atoms with Crippen LogP contribution in [0.15, 0.2) is 72.8 Å². The molecule has 0 N–H and O–H groups in total. The Hall–Kier alpha value is -3.84. The second-order valence-electron chi connectivity index (χ2n) is 10.0. The van der Waals surface area contributed by atoms with E-state index in [1.807, 2.05) is 65.6 Å². The van der Waals surface area contributed by atoms with Gasteiger partial charge in [-0.1, -0.05) is 48.5 Å². The third kappa shape index (κ3) is 3.76. The number of urea groups is 1. The predicted molar refractivity (Wildman–Crippen MR) is 141 cm³/mol. The molecule has 0 bridgehead atoms. The molecule has 190 valence electrons. The van der Waals surface area contributed by atoms with Crippen molar-refractivity contribution in [1.82, 2.24) is 9.80 Å². The number of amides is 3. The van der Waals surface area contributed by atoms with Crippen molar-refractivity contribution >= 4 is 17.6 Å². The van der Waals surface area contributed by atoms with Gasteiger partial charge >= 0.3 is 6.03 Å². The maximum Gasteiger partial charge on any atom is 0.332 e. The number of imide groups is 1. The van der Waals surface area contributed by atoms with Crippen LogP contribution in [0.5, 0.6) is 11.5 Å². The number of nitrogens with zero attached hydrogens (tertiary/aromatic N) is 3. The number of benzene rings is 3. The number of hydrogen-bond donors (Lipinski definition) is 0. The third-order valence-corrected chi connectivity index (χ3v) is 8.20. The summed E-state index contributed by atoms with van der Waals surface area (Å²) in [6.45, 7) is 2.04. The lowest BCUT2D eigenvalue weighted by atomic mass is 9.76. The molecule has 6 rings (SSSR count). The van der Waals surface area contributed by atoms with Gasteiger partial charge in [-0.2, -0.15) is 0 Å². The SMILES string of the molecule is COc1cc2c(cc1OC)[C@@H]1C[C@]3(CCN1CC2)C(=O)N(c1ccccc1)C(=O)N3Cc1ccccc1. The second kappa shape index (κ2) is 9.23. The number of rotatable bonds is 5. The summed E-state index contributed by atoms with van der Waals surface area (Å²) in [7, 11) is 3.29. The fraction of sp³-hybridized carbons (Fsp3) is 0.333. The van der Waals surface area contributed by atoms with Crippen LogP contribution in [0.3, 0.4) is 0 Å². The maximum atomic E-state index is 14.3. The van der Waals surface area contributed by atoms with Crippen molar-refractivity contribution in [2.24, 2.45) is 0 Å². The minimum absolute atomic E-state index is 0.00283. The standard InChI is InChI=1S/C30H31N3O4/c1-36-26-17-22-13-15-31-16-14-30(19-25(31)24(22)18-27(26)37-2)28(34)33(23-11-7-4-8-12-23)29(35)32(30)20-21-9-5-3-6-10-21/h3-12,17-18,25H,13-16,19-20H2,1-2H3/t25-,30+/m0/s1. The van der Waals surface area contributed by atoms with Crippen LogP contribution in [-0.4, -0.2) is 54.6 Å². The van der Waals surface area contributed by atoms with E-state index in [-0.39, 0.29) is 18.0 Å². The highest BCUT2D eigenvalue weighted by Gasteiger charge is 2.60. The van der Waals surface area contributed by atoms with Crippen molar-refractivity contribution in [3.05, 3.63) is 89.5 Å². The summed E-state index contributed by atoms with van der Waals surface area (Å²) in [6, 6.07) is 23.1. The van der Waals surface area contributed by atoms with E-state index in [1.165, 1.54) is 10.5 Å². The molecule has 7 heteroatoms. The van der Waals surface area contributed by atoms with Gasteiger partial charge in [-0.25, -0.2) is 9.69 Å². The predicted octanol–water partition coefficient (Wildman–Crippen LogP) is 4.80. The van der Waals surface area contributed by atoms with Crippen LogP contribution in [0.2, 0.25) is 0 Å². The summed E-state index contributed by atoms with van der Waals surface area (Å²) < 4.78 is 11.2. The number of carbonyl (C=O) groups excluding carboxylic acids is 2. The van der Waals surface area contributed by atoms with Crippen LogP contribution in [-0.2, 0) is 17.8 Å². The molecule has 3 aliphatic rings. The topological polar surface area (TPSA) is 62.3 Å². The number of piperidine rings is 1. The van der Waals surface area contributed by atoms with Gasteiger partial charge in [0.1, 0.15) is 5.54 Å². The molecule has 2 saturated heterocycles. The summed E-state index contributed by atoms with van der Waals surface area (Å²) in [6.07, 6.45) is 2.05. The van der Waals surface area contributed by atoms with Gasteiger partial charge in [0.25, 0.3) is 5.91 Å². The molecule has 2 fully saturated rings. The molecule has 0 aromatic heterocycles. The van der Waals surface area contributed by atoms with Gasteiger partial charge in [0.2, 0.25) is 0 Å². The Morgan fingerprint density at radius 1 is 0.892 bits per heavy atom. The minimum atomic E-state index is -0.925. The highest BCUT2D eigenvalue weighted by Crippen LogP contribution is 2.49. The quantitative estimate of drug-likeness (QED) is 0.474. The first-order valence-electron chi connectivity index (χ1n) is 12.8. The van der Waals surface area contributed by atoms with Crippen LogP contribution in [0.4, 0.5) is 10.5 Å². The molecule has 3 amide bonds. The van der Waals surface area contributed by atoms with Crippen LogP contribution < -0.4 is 14.4 Å². The van der Waals surface area contributed by atoms with Gasteiger partial charge < -0.3 is 14.4 Å². The van der Waals surface area contributed by atoms with Gasteiger partial charge in [-0.15, -0.1) is 0 Å². The number of carbonyl (C=O) groups is 2. The molecule has 0 radical (unpaired) electrons. The third-order valence-electron chi connectivity index (χ3n) is 8.20. The molecule has 1 spiro atoms. The number of anilines is 1. The smallest absolute Gasteiger partial charge is 0.332 e. The van der Waals surface area contributed by atoms with E-state index in [9.17, 15) is 9.59 Å². The zero-order valence-electron chi connectivity index (χ0n) is 21.2. The molecule has 2 atom stereocenters. The average molecular weight is 498 g/mol. The molecule has 3 heterocycles. The highest BCUT2D eigenvalue weighted by molar-refractivity contribution is 6.23. The number of para-hydroxylation sites is 1. The van der Waals surface area contributed by atoms with Gasteiger partial charge in [0, 0.05) is 25.7 Å². The zero-order chi connectivity index (χ0) is 25.6. The summed E-state index contributed by atoms with van der Waals surface area (Å²) in [5.41, 5.74) is 3.07. The Bertz CT molecular complexity index is 1330. The summed E-state index contributed by atoms with van der Waals surface area (Å²) in [5, 5.41) is 0. The molecule has 0 unspecified atom stereocenters. The fourth-order valence-corrected chi connectivity index (χ4v) is 6.28. The molecular formula is C30H31N3O4. The van der Waals surface area contributed by atoms with Crippen molar-refractivity contribution in [3.8, 4) is 11.5 Å². The van der Waals surface area contributed by atoms with E-state index >= 15 is 0 Å². The van der Waals surface area contributed by atoms with E-state index in [4.69, 9.17) is 9.47 Å². The first-order chi connectivity index (χ1) is 18.1. The average Bonchev–Trinajstić information content (AvgIpc) is 3.14. The van der Waals surface area contributed by atoms with E-state index in [1.54, 1.807) is 14.2 Å². The number of methoxy groups -OCH3 is 2. The molecule has 3 aliphatic heterocycles. The maximum absolute atomic E-state index is 14.3. The molecule has 0 aliphatic carbocycles. The Balaban J connectivity index is 1.44. The summed E-state index contributed by atoms with van der Waals surface area (Å²) in [4.78, 5) is 33.9. The van der Waals surface area contributed by atoms with Gasteiger partial charge in [-0.05, 0) is 60.2 Å². The number of ether oxygens (including phenoxy) is 2. The van der Waals surface area contributed by atoms with Gasteiger partial charge in [0.15, 0.2) is 11.5 Å². The Morgan fingerprint density at radius 3 is 2.27 bits per heavy atom. The first-order valence-corrected chi connectivity index (χ1v) is 12.8. The number of hydrogen-bond acceptors (Lipinski definition) is 5. The lowest BCUT2D eigenvalue weighted by Crippen LogP contribution is -2.58. The van der Waals surface area contributed by atoms with Crippen LogP contribution in [0, 0.1) is 0 Å². The zero-order valence-corrected chi connectivity index (χ0v) is 21.2. The lowest BCUT2D eigenvalue weighted by molar-refractivity contribution is -0.129. The molecular weight excluding hydrogens is 466 g/mol. The van der Waals surface area contributed by atoms with E-state index < -0.39 is 5.54 Å². The molecule has 37 heavy (non-hydrogen) atoms. The van der Waals surface area contributed by atoms with Gasteiger partial charge in [-0.3, -0.25) is 9.69 Å². The van der Waals surface area contributed by atoms with Gasteiger partial charge in [0.05, 0.1) is 19.9 Å². The van der Waals surface area contributed by atoms with Crippen molar-refractivity contribution in [1.29, 1.82) is 0 Å². The first kappa shape index (κ1) is 23.6. The second-order valence-corrected chi connectivity index (χ2v) is 10.0. The van der Waals surface area contributed by atoms with Crippen molar-refractivity contribution in [2.45, 2.75) is 37.4 Å². The minimum Gasteiger partial charge on any atom is -0.493 e.